The maximum absolute atomic E-state index is 13.7. The molecule has 0 radical (unpaired) electrons. The molecule has 1 aliphatic rings. The number of benzene rings is 1. The van der Waals surface area contributed by atoms with E-state index in [9.17, 15) is 8.78 Å². The number of rotatable bonds is 2. The van der Waals surface area contributed by atoms with Crippen molar-refractivity contribution in [2.24, 2.45) is 7.05 Å². The van der Waals surface area contributed by atoms with Gasteiger partial charge in [-0.3, -0.25) is 0 Å². The van der Waals surface area contributed by atoms with E-state index in [0.29, 0.717) is 17.4 Å². The molecule has 1 heterocycles. The molecule has 2 aromatic rings. The summed E-state index contributed by atoms with van der Waals surface area (Å²) in [6, 6.07) is 4.03. The normalized spacial score (nSPS) is 15.1. The first-order chi connectivity index (χ1) is 8.59. The van der Waals surface area contributed by atoms with Gasteiger partial charge in [-0.2, -0.15) is 0 Å². The minimum atomic E-state index is -0.898. The first-order valence-electron chi connectivity index (χ1n) is 5.86. The second-order valence-corrected chi connectivity index (χ2v) is 4.64. The Labute approximate surface area is 103 Å². The van der Waals surface area contributed by atoms with Crippen molar-refractivity contribution in [1.82, 2.24) is 9.55 Å². The lowest BCUT2D eigenvalue weighted by Crippen LogP contribution is -2.00. The fourth-order valence-electron chi connectivity index (χ4n) is 2.12. The monoisotopic (exact) mass is 249 g/mol. The van der Waals surface area contributed by atoms with Crippen LogP contribution in [-0.2, 0) is 7.05 Å². The van der Waals surface area contributed by atoms with Gasteiger partial charge < -0.3 is 10.3 Å². The molecule has 0 unspecified atom stereocenters. The van der Waals surface area contributed by atoms with Gasteiger partial charge in [-0.25, -0.2) is 13.8 Å². The Morgan fingerprint density at radius 3 is 2.72 bits per heavy atom. The first-order valence-corrected chi connectivity index (χ1v) is 5.86. The van der Waals surface area contributed by atoms with Crippen molar-refractivity contribution in [2.75, 3.05) is 5.73 Å². The Morgan fingerprint density at radius 1 is 1.33 bits per heavy atom. The fourth-order valence-corrected chi connectivity index (χ4v) is 2.12. The number of anilines is 1. The van der Waals surface area contributed by atoms with Crippen LogP contribution < -0.4 is 5.73 Å². The lowest BCUT2D eigenvalue weighted by atomic mass is 10.1. The van der Waals surface area contributed by atoms with Crippen LogP contribution in [0, 0.1) is 11.6 Å². The molecule has 5 heteroatoms. The first kappa shape index (κ1) is 11.2. The Kier molecular flexibility index (Phi) is 2.36. The molecule has 18 heavy (non-hydrogen) atoms. The van der Waals surface area contributed by atoms with Gasteiger partial charge in [0.05, 0.1) is 0 Å². The average molecular weight is 249 g/mol. The van der Waals surface area contributed by atoms with Crippen LogP contribution in [0.1, 0.15) is 24.6 Å². The molecule has 3 nitrogen and oxygen atoms in total. The van der Waals surface area contributed by atoms with Gasteiger partial charge in [0.15, 0.2) is 11.6 Å². The highest BCUT2D eigenvalue weighted by Gasteiger charge is 2.30. The maximum atomic E-state index is 13.7. The minimum absolute atomic E-state index is 0.120. The molecule has 0 aliphatic heterocycles. The van der Waals surface area contributed by atoms with Gasteiger partial charge in [-0.05, 0) is 25.0 Å². The fraction of sp³-hybridized carbons (Fsp3) is 0.308. The zero-order valence-corrected chi connectivity index (χ0v) is 9.95. The van der Waals surface area contributed by atoms with Crippen LogP contribution in [0.25, 0.3) is 11.3 Å². The molecule has 0 spiro atoms. The van der Waals surface area contributed by atoms with Crippen LogP contribution in [-0.4, -0.2) is 9.55 Å². The predicted molar refractivity (Wildman–Crippen MR) is 64.9 cm³/mol. The third-order valence-corrected chi connectivity index (χ3v) is 3.32. The predicted octanol–water partition coefficient (Wildman–Crippen LogP) is 2.82. The van der Waals surface area contributed by atoms with Gasteiger partial charge in [-0.15, -0.1) is 0 Å². The smallest absolute Gasteiger partial charge is 0.168 e. The zero-order chi connectivity index (χ0) is 12.9. The lowest BCUT2D eigenvalue weighted by molar-refractivity contribution is 0.511. The van der Waals surface area contributed by atoms with E-state index < -0.39 is 11.6 Å². The number of hydrogen-bond donors (Lipinski definition) is 1. The number of hydrogen-bond acceptors (Lipinski definition) is 2. The van der Waals surface area contributed by atoms with Crippen LogP contribution in [0.15, 0.2) is 18.2 Å². The van der Waals surface area contributed by atoms with Gasteiger partial charge in [0.2, 0.25) is 0 Å². The van der Waals surface area contributed by atoms with Crippen molar-refractivity contribution >= 4 is 5.82 Å². The highest BCUT2D eigenvalue weighted by Crippen LogP contribution is 2.42. The summed E-state index contributed by atoms with van der Waals surface area (Å²) >= 11 is 0. The van der Waals surface area contributed by atoms with Crippen LogP contribution in [0.5, 0.6) is 0 Å². The summed E-state index contributed by atoms with van der Waals surface area (Å²) in [5.74, 6) is -0.148. The molecule has 2 N–H and O–H groups in total. The molecule has 0 amide bonds. The van der Waals surface area contributed by atoms with Crippen LogP contribution in [0.3, 0.4) is 0 Å². The highest BCUT2D eigenvalue weighted by molar-refractivity contribution is 5.71. The summed E-state index contributed by atoms with van der Waals surface area (Å²) in [7, 11) is 1.80. The molecule has 94 valence electrons. The average Bonchev–Trinajstić information content (AvgIpc) is 3.14. The summed E-state index contributed by atoms with van der Waals surface area (Å²) < 4.78 is 28.7. The highest BCUT2D eigenvalue weighted by atomic mass is 19.2. The maximum Gasteiger partial charge on any atom is 0.168 e. The van der Waals surface area contributed by atoms with Crippen molar-refractivity contribution in [3.8, 4) is 11.3 Å². The van der Waals surface area contributed by atoms with Gasteiger partial charge in [0.25, 0.3) is 0 Å². The van der Waals surface area contributed by atoms with Gasteiger partial charge in [0.1, 0.15) is 17.3 Å². The van der Waals surface area contributed by atoms with E-state index in [2.05, 4.69) is 4.98 Å². The molecule has 0 atom stereocenters. The van der Waals surface area contributed by atoms with E-state index in [1.807, 2.05) is 0 Å². The Hall–Kier alpha value is -1.91. The molecule has 0 bridgehead atoms. The summed E-state index contributed by atoms with van der Waals surface area (Å²) in [6.45, 7) is 0. The quantitative estimate of drug-likeness (QED) is 0.889. The Balaban J connectivity index is 2.17. The van der Waals surface area contributed by atoms with Crippen molar-refractivity contribution in [2.45, 2.75) is 18.8 Å². The van der Waals surface area contributed by atoms with Crippen molar-refractivity contribution in [1.29, 1.82) is 0 Å². The Morgan fingerprint density at radius 2 is 2.06 bits per heavy atom. The molecular weight excluding hydrogens is 236 g/mol. The molecule has 1 aromatic heterocycles. The van der Waals surface area contributed by atoms with Crippen LogP contribution in [0.2, 0.25) is 0 Å². The molecule has 1 fully saturated rings. The van der Waals surface area contributed by atoms with E-state index in [0.717, 1.165) is 24.7 Å². The summed E-state index contributed by atoms with van der Waals surface area (Å²) in [4.78, 5) is 4.37. The number of nitrogen functional groups attached to an aromatic ring is 1. The van der Waals surface area contributed by atoms with E-state index in [4.69, 9.17) is 5.73 Å². The van der Waals surface area contributed by atoms with Crippen LogP contribution >= 0.6 is 0 Å². The largest absolute Gasteiger partial charge is 0.383 e. The minimum Gasteiger partial charge on any atom is -0.383 e. The Bertz CT molecular complexity index is 615. The van der Waals surface area contributed by atoms with E-state index in [1.54, 1.807) is 11.6 Å². The van der Waals surface area contributed by atoms with E-state index in [-0.39, 0.29) is 5.56 Å². The third kappa shape index (κ3) is 1.58. The number of nitrogens with two attached hydrogens (primary N) is 1. The molecule has 1 aromatic carbocycles. The number of aromatic nitrogens is 2. The molecular formula is C13H13F2N3. The summed E-state index contributed by atoms with van der Waals surface area (Å²) in [6.07, 6.45) is 2.16. The third-order valence-electron chi connectivity index (χ3n) is 3.32. The topological polar surface area (TPSA) is 43.8 Å². The number of imidazole rings is 1. The van der Waals surface area contributed by atoms with E-state index in [1.165, 1.54) is 12.1 Å². The standard InChI is InChI=1S/C13H13F2N3/c1-18-12(16)11(17-13(18)7-5-6-7)8-3-2-4-9(14)10(8)15/h2-4,7H,5-6,16H2,1H3. The molecule has 3 rings (SSSR count). The van der Waals surface area contributed by atoms with Gasteiger partial charge in [-0.1, -0.05) is 6.07 Å². The van der Waals surface area contributed by atoms with Crippen molar-refractivity contribution in [3.05, 3.63) is 35.7 Å². The molecule has 1 saturated carbocycles. The van der Waals surface area contributed by atoms with Crippen molar-refractivity contribution < 1.29 is 8.78 Å². The second kappa shape index (κ2) is 3.80. The number of nitrogens with zero attached hydrogens (tertiary/aromatic N) is 2. The lowest BCUT2D eigenvalue weighted by Gasteiger charge is -2.02. The van der Waals surface area contributed by atoms with Crippen molar-refractivity contribution in [3.63, 3.8) is 0 Å². The number of halogens is 2. The molecule has 1 aliphatic carbocycles. The molecule has 0 saturated heterocycles. The second-order valence-electron chi connectivity index (χ2n) is 4.64. The summed E-state index contributed by atoms with van der Waals surface area (Å²) in [5.41, 5.74) is 6.38. The summed E-state index contributed by atoms with van der Waals surface area (Å²) in [5, 5.41) is 0. The van der Waals surface area contributed by atoms with Gasteiger partial charge in [0, 0.05) is 18.5 Å². The SMILES string of the molecule is Cn1c(C2CC2)nc(-c2cccc(F)c2F)c1N. The van der Waals surface area contributed by atoms with Crippen LogP contribution in [0.4, 0.5) is 14.6 Å². The van der Waals surface area contributed by atoms with E-state index >= 15 is 0 Å². The zero-order valence-electron chi connectivity index (χ0n) is 9.95. The van der Waals surface area contributed by atoms with Gasteiger partial charge >= 0.3 is 0 Å².